The van der Waals surface area contributed by atoms with E-state index < -0.39 is 11.1 Å². The van der Waals surface area contributed by atoms with Crippen molar-refractivity contribution in [2.45, 2.75) is 45.3 Å². The molecule has 3 atom stereocenters. The summed E-state index contributed by atoms with van der Waals surface area (Å²) in [6, 6.07) is 0. The van der Waals surface area contributed by atoms with E-state index in [9.17, 15) is 9.90 Å². The number of cyclic esters (lactones) is 1. The number of hydrogen-bond acceptors (Lipinski definition) is 5. The van der Waals surface area contributed by atoms with Crippen molar-refractivity contribution in [3.8, 4) is 0 Å². The van der Waals surface area contributed by atoms with Crippen molar-refractivity contribution in [2.24, 2.45) is 16.3 Å². The molecule has 1 heterocycles. The SMILES string of the molecule is COC1=N[C@@]2(C[C@@H]2CO)C(=O)O[C@@]1(C)C(C)(C)C. The second-order valence-electron chi connectivity index (χ2n) is 6.30. The van der Waals surface area contributed by atoms with Crippen LogP contribution in [0.2, 0.25) is 0 Å². The molecule has 1 aliphatic carbocycles. The van der Waals surface area contributed by atoms with Crippen LogP contribution >= 0.6 is 0 Å². The average molecular weight is 255 g/mol. The predicted molar refractivity (Wildman–Crippen MR) is 66.3 cm³/mol. The van der Waals surface area contributed by atoms with Crippen LogP contribution in [-0.4, -0.2) is 41.8 Å². The van der Waals surface area contributed by atoms with Crippen LogP contribution in [0.1, 0.15) is 34.1 Å². The third-order valence-electron chi connectivity index (χ3n) is 4.28. The third kappa shape index (κ3) is 1.56. The van der Waals surface area contributed by atoms with Crippen molar-refractivity contribution in [2.75, 3.05) is 13.7 Å². The lowest BCUT2D eigenvalue weighted by molar-refractivity contribution is -0.168. The van der Waals surface area contributed by atoms with E-state index in [-0.39, 0.29) is 23.9 Å². The summed E-state index contributed by atoms with van der Waals surface area (Å²) in [6.45, 7) is 7.69. The van der Waals surface area contributed by atoms with Gasteiger partial charge in [0.25, 0.3) is 0 Å². The summed E-state index contributed by atoms with van der Waals surface area (Å²) in [5.74, 6) is -0.0509. The maximum Gasteiger partial charge on any atom is 0.335 e. The highest BCUT2D eigenvalue weighted by molar-refractivity contribution is 5.98. The first kappa shape index (κ1) is 13.3. The fourth-order valence-electron chi connectivity index (χ4n) is 2.28. The van der Waals surface area contributed by atoms with Crippen LogP contribution in [0.5, 0.6) is 0 Å². The molecule has 0 aromatic heterocycles. The Kier molecular flexibility index (Phi) is 2.74. The first-order valence-electron chi connectivity index (χ1n) is 6.20. The van der Waals surface area contributed by atoms with Crippen molar-refractivity contribution < 1.29 is 19.4 Å². The van der Waals surface area contributed by atoms with Crippen molar-refractivity contribution in [3.63, 3.8) is 0 Å². The second-order valence-corrected chi connectivity index (χ2v) is 6.30. The number of aliphatic imine (C=N–C) groups is 1. The molecule has 2 rings (SSSR count). The first-order valence-corrected chi connectivity index (χ1v) is 6.20. The summed E-state index contributed by atoms with van der Waals surface area (Å²) >= 11 is 0. The lowest BCUT2D eigenvalue weighted by Gasteiger charge is -2.43. The topological polar surface area (TPSA) is 68.1 Å². The van der Waals surface area contributed by atoms with Crippen molar-refractivity contribution in [3.05, 3.63) is 0 Å². The molecule has 0 amide bonds. The molecule has 1 fully saturated rings. The zero-order chi connectivity index (χ0) is 13.8. The van der Waals surface area contributed by atoms with Gasteiger partial charge < -0.3 is 14.6 Å². The van der Waals surface area contributed by atoms with Gasteiger partial charge in [0.15, 0.2) is 11.1 Å². The third-order valence-corrected chi connectivity index (χ3v) is 4.28. The predicted octanol–water partition coefficient (Wildman–Crippen LogP) is 1.14. The molecule has 18 heavy (non-hydrogen) atoms. The quantitative estimate of drug-likeness (QED) is 0.713. The molecule has 0 bridgehead atoms. The second kappa shape index (κ2) is 3.70. The number of ether oxygens (including phenoxy) is 2. The van der Waals surface area contributed by atoms with Gasteiger partial charge in [0.05, 0.1) is 7.11 Å². The zero-order valence-electron chi connectivity index (χ0n) is 11.6. The van der Waals surface area contributed by atoms with Crippen molar-refractivity contribution in [1.82, 2.24) is 0 Å². The molecule has 1 saturated carbocycles. The number of rotatable bonds is 1. The van der Waals surface area contributed by atoms with Crippen LogP contribution in [0.4, 0.5) is 0 Å². The number of aliphatic hydroxyl groups excluding tert-OH is 1. The van der Waals surface area contributed by atoms with Gasteiger partial charge in [-0.25, -0.2) is 9.79 Å². The number of esters is 1. The summed E-state index contributed by atoms with van der Waals surface area (Å²) in [5, 5.41) is 9.17. The minimum atomic E-state index is -0.898. The fraction of sp³-hybridized carbons (Fsp3) is 0.846. The smallest absolute Gasteiger partial charge is 0.335 e. The number of aliphatic hydroxyl groups is 1. The fourth-order valence-corrected chi connectivity index (χ4v) is 2.28. The summed E-state index contributed by atoms with van der Waals surface area (Å²) in [6.07, 6.45) is 0.537. The van der Waals surface area contributed by atoms with Gasteiger partial charge in [-0.05, 0) is 13.3 Å². The number of carbonyl (C=O) groups excluding carboxylic acids is 1. The van der Waals surface area contributed by atoms with Crippen LogP contribution in [0, 0.1) is 11.3 Å². The minimum Gasteiger partial charge on any atom is -0.481 e. The average Bonchev–Trinajstić information content (AvgIpc) is 2.97. The largest absolute Gasteiger partial charge is 0.481 e. The molecule has 0 aromatic carbocycles. The van der Waals surface area contributed by atoms with E-state index >= 15 is 0 Å². The summed E-state index contributed by atoms with van der Waals surface area (Å²) in [4.78, 5) is 16.6. The van der Waals surface area contributed by atoms with E-state index in [0.717, 1.165) is 0 Å². The van der Waals surface area contributed by atoms with Crippen molar-refractivity contribution >= 4 is 11.9 Å². The van der Waals surface area contributed by atoms with E-state index in [0.29, 0.717) is 12.3 Å². The van der Waals surface area contributed by atoms with Crippen LogP contribution in [0.25, 0.3) is 0 Å². The Morgan fingerprint density at radius 3 is 2.56 bits per heavy atom. The molecule has 0 radical (unpaired) electrons. The van der Waals surface area contributed by atoms with Gasteiger partial charge in [-0.2, -0.15) is 0 Å². The zero-order valence-corrected chi connectivity index (χ0v) is 11.6. The van der Waals surface area contributed by atoms with Gasteiger partial charge in [-0.3, -0.25) is 0 Å². The Bertz CT molecular complexity index is 412. The molecule has 0 unspecified atom stereocenters. The lowest BCUT2D eigenvalue weighted by Crippen LogP contribution is -2.57. The number of carbonyl (C=O) groups is 1. The van der Waals surface area contributed by atoms with E-state index in [1.165, 1.54) is 7.11 Å². The molecule has 0 aromatic rings. The normalized spacial score (nSPS) is 39.3. The summed E-state index contributed by atoms with van der Waals surface area (Å²) < 4.78 is 11.0. The molecule has 0 saturated heterocycles. The number of methoxy groups -OCH3 is 1. The Hall–Kier alpha value is -1.10. The minimum absolute atomic E-state index is 0.0537. The van der Waals surface area contributed by atoms with Gasteiger partial charge in [-0.15, -0.1) is 0 Å². The maximum atomic E-state index is 12.2. The van der Waals surface area contributed by atoms with Gasteiger partial charge in [0.1, 0.15) is 0 Å². The maximum absolute atomic E-state index is 12.2. The monoisotopic (exact) mass is 255 g/mol. The molecule has 102 valence electrons. The number of nitrogens with zero attached hydrogens (tertiary/aromatic N) is 1. The highest BCUT2D eigenvalue weighted by atomic mass is 16.6. The molecule has 5 heteroatoms. The van der Waals surface area contributed by atoms with E-state index in [1.54, 1.807) is 0 Å². The Morgan fingerprint density at radius 1 is 1.56 bits per heavy atom. The first-order chi connectivity index (χ1) is 8.21. The van der Waals surface area contributed by atoms with E-state index in [4.69, 9.17) is 9.47 Å². The highest BCUT2D eigenvalue weighted by Gasteiger charge is 2.67. The Labute approximate surface area is 107 Å². The molecule has 1 N–H and O–H groups in total. The summed E-state index contributed by atoms with van der Waals surface area (Å²) in [7, 11) is 1.53. The van der Waals surface area contributed by atoms with Gasteiger partial charge in [-0.1, -0.05) is 20.8 Å². The van der Waals surface area contributed by atoms with Crippen LogP contribution in [-0.2, 0) is 14.3 Å². The Balaban J connectivity index is 2.43. The van der Waals surface area contributed by atoms with Gasteiger partial charge in [0, 0.05) is 17.9 Å². The standard InChI is InChI=1S/C13H21NO4/c1-11(2,3)12(4)9(17-5)14-13(10(16)18-12)6-8(13)7-15/h8,15H,6-7H2,1-5H3/t8-,12-,13-/m1/s1. The molecular formula is C13H21NO4. The number of hydrogen-bond donors (Lipinski definition) is 1. The highest BCUT2D eigenvalue weighted by Crippen LogP contribution is 2.53. The van der Waals surface area contributed by atoms with Gasteiger partial charge in [0.2, 0.25) is 5.90 Å². The molecule has 1 aliphatic heterocycles. The van der Waals surface area contributed by atoms with E-state index in [1.807, 2.05) is 27.7 Å². The Morgan fingerprint density at radius 2 is 2.17 bits per heavy atom. The molecular weight excluding hydrogens is 234 g/mol. The van der Waals surface area contributed by atoms with Crippen LogP contribution in [0.15, 0.2) is 4.99 Å². The van der Waals surface area contributed by atoms with Crippen LogP contribution < -0.4 is 0 Å². The van der Waals surface area contributed by atoms with Crippen molar-refractivity contribution in [1.29, 1.82) is 0 Å². The van der Waals surface area contributed by atoms with Crippen LogP contribution in [0.3, 0.4) is 0 Å². The molecule has 2 aliphatic rings. The lowest BCUT2D eigenvalue weighted by atomic mass is 9.76. The van der Waals surface area contributed by atoms with Gasteiger partial charge >= 0.3 is 5.97 Å². The van der Waals surface area contributed by atoms with E-state index in [2.05, 4.69) is 4.99 Å². The molecule has 1 spiro atoms. The molecule has 5 nitrogen and oxygen atoms in total. The summed E-state index contributed by atoms with van der Waals surface area (Å²) in [5.41, 5.74) is -2.08.